The van der Waals surface area contributed by atoms with Crippen LogP contribution in [0.2, 0.25) is 0 Å². The number of benzene rings is 1. The minimum Gasteiger partial charge on any atom is -0.464 e. The van der Waals surface area contributed by atoms with Crippen LogP contribution in [-0.4, -0.2) is 90.6 Å². The van der Waals surface area contributed by atoms with E-state index in [1.54, 1.807) is 0 Å². The topological polar surface area (TPSA) is 216 Å². The molecule has 240 valence electrons. The van der Waals surface area contributed by atoms with E-state index in [9.17, 15) is 34.6 Å². The zero-order valence-electron chi connectivity index (χ0n) is 24.1. The number of nitrogens with two attached hydrogens (primary N) is 1. The summed E-state index contributed by atoms with van der Waals surface area (Å²) in [4.78, 5) is 70.3. The number of hydrogen-bond donors (Lipinski definition) is 2. The van der Waals surface area contributed by atoms with Gasteiger partial charge in [0.15, 0.2) is 0 Å². The molecular formula is C27H41N5O11. The standard InChI is InChI=1S/C27H41N5O11/c28-15-5-4-11-22(25(33)30-16-6-12-24(30)27(35)41-18-8-20-43-32(38)39)29-23(14-13-21-9-2-1-3-10-21)26(34)40-17-7-19-42-31(36)37/h1-3,9-10,22-24,29H,4-8,11-20,28H2. The lowest BCUT2D eigenvalue weighted by molar-refractivity contribution is -0.757. The van der Waals surface area contributed by atoms with E-state index in [0.29, 0.717) is 58.0 Å². The monoisotopic (exact) mass is 611 g/mol. The highest BCUT2D eigenvalue weighted by Crippen LogP contribution is 2.22. The molecule has 43 heavy (non-hydrogen) atoms. The van der Waals surface area contributed by atoms with E-state index in [4.69, 9.17) is 15.2 Å². The smallest absolute Gasteiger partial charge is 0.328 e. The second kappa shape index (κ2) is 20.0. The molecule has 2 rings (SSSR count). The summed E-state index contributed by atoms with van der Waals surface area (Å²) < 4.78 is 10.6. The minimum atomic E-state index is -0.926. The highest BCUT2D eigenvalue weighted by molar-refractivity contribution is 5.89. The van der Waals surface area contributed by atoms with Crippen LogP contribution < -0.4 is 11.1 Å². The lowest BCUT2D eigenvalue weighted by Crippen LogP contribution is -2.54. The second-order valence-corrected chi connectivity index (χ2v) is 9.93. The van der Waals surface area contributed by atoms with Crippen LogP contribution in [0.25, 0.3) is 0 Å². The van der Waals surface area contributed by atoms with Crippen LogP contribution in [0.15, 0.2) is 30.3 Å². The van der Waals surface area contributed by atoms with E-state index < -0.39 is 40.2 Å². The number of ether oxygens (including phenoxy) is 2. The maximum Gasteiger partial charge on any atom is 0.328 e. The maximum atomic E-state index is 13.8. The van der Waals surface area contributed by atoms with Gasteiger partial charge in [-0.1, -0.05) is 36.8 Å². The van der Waals surface area contributed by atoms with Crippen LogP contribution in [0, 0.1) is 20.2 Å². The van der Waals surface area contributed by atoms with E-state index in [1.807, 2.05) is 30.3 Å². The van der Waals surface area contributed by atoms with Gasteiger partial charge >= 0.3 is 11.9 Å². The molecular weight excluding hydrogens is 570 g/mol. The molecule has 1 saturated heterocycles. The van der Waals surface area contributed by atoms with Gasteiger partial charge in [-0.15, -0.1) is 20.2 Å². The highest BCUT2D eigenvalue weighted by atomic mass is 17.0. The first kappa shape index (κ1) is 35.1. The SMILES string of the molecule is NCCCCC(NC(CCc1ccccc1)C(=O)OCCCO[N+](=O)[O-])C(=O)N1CCCC1C(=O)OCCCO[N+](=O)[O-]. The predicted molar refractivity (Wildman–Crippen MR) is 150 cm³/mol. The molecule has 0 spiro atoms. The van der Waals surface area contributed by atoms with Gasteiger partial charge in [-0.05, 0) is 50.6 Å². The average molecular weight is 612 g/mol. The van der Waals surface area contributed by atoms with Crippen molar-refractivity contribution >= 4 is 17.8 Å². The third kappa shape index (κ3) is 13.6. The number of nitrogens with zero attached hydrogens (tertiary/aromatic N) is 3. The number of unbranched alkanes of at least 4 members (excludes halogenated alkanes) is 1. The van der Waals surface area contributed by atoms with E-state index in [-0.39, 0.29) is 45.2 Å². The molecule has 16 heteroatoms. The van der Waals surface area contributed by atoms with Crippen LogP contribution in [0.4, 0.5) is 0 Å². The van der Waals surface area contributed by atoms with Crippen LogP contribution in [-0.2, 0) is 40.0 Å². The van der Waals surface area contributed by atoms with Crippen molar-refractivity contribution < 1.29 is 43.7 Å². The number of hydrogen-bond acceptors (Lipinski definition) is 13. The first-order valence-corrected chi connectivity index (χ1v) is 14.4. The molecule has 1 aliphatic heterocycles. The summed E-state index contributed by atoms with van der Waals surface area (Å²) in [5.41, 5.74) is 6.65. The van der Waals surface area contributed by atoms with Crippen molar-refractivity contribution in [2.75, 3.05) is 39.5 Å². The molecule has 1 fully saturated rings. The lowest BCUT2D eigenvalue weighted by Gasteiger charge is -2.30. The van der Waals surface area contributed by atoms with Gasteiger partial charge in [0, 0.05) is 19.4 Å². The van der Waals surface area contributed by atoms with Gasteiger partial charge in [-0.2, -0.15) is 0 Å². The van der Waals surface area contributed by atoms with Gasteiger partial charge in [-0.25, -0.2) is 4.79 Å². The summed E-state index contributed by atoms with van der Waals surface area (Å²) in [7, 11) is 0. The van der Waals surface area contributed by atoms with Gasteiger partial charge in [0.1, 0.15) is 12.1 Å². The minimum absolute atomic E-state index is 0.0938. The van der Waals surface area contributed by atoms with Crippen molar-refractivity contribution in [2.24, 2.45) is 5.73 Å². The van der Waals surface area contributed by atoms with Crippen LogP contribution in [0.1, 0.15) is 56.9 Å². The van der Waals surface area contributed by atoms with Crippen molar-refractivity contribution in [2.45, 2.75) is 75.9 Å². The molecule has 0 bridgehead atoms. The van der Waals surface area contributed by atoms with E-state index in [2.05, 4.69) is 15.0 Å². The Balaban J connectivity index is 2.10. The molecule has 1 heterocycles. The summed E-state index contributed by atoms with van der Waals surface area (Å²) in [6.45, 7) is 0.110. The Kier molecular flexibility index (Phi) is 16.3. The zero-order valence-corrected chi connectivity index (χ0v) is 24.1. The molecule has 1 aliphatic rings. The summed E-state index contributed by atoms with van der Waals surface area (Å²) in [6.07, 6.45) is 3.66. The summed E-state index contributed by atoms with van der Waals surface area (Å²) in [5.74, 6) is -1.57. The molecule has 1 aromatic carbocycles. The first-order valence-electron chi connectivity index (χ1n) is 14.4. The summed E-state index contributed by atoms with van der Waals surface area (Å²) in [6, 6.07) is 6.97. The number of aryl methyl sites for hydroxylation is 1. The van der Waals surface area contributed by atoms with Crippen LogP contribution in [0.5, 0.6) is 0 Å². The van der Waals surface area contributed by atoms with Gasteiger partial charge in [-0.3, -0.25) is 14.9 Å². The van der Waals surface area contributed by atoms with Gasteiger partial charge in [0.25, 0.3) is 10.2 Å². The fourth-order valence-corrected chi connectivity index (χ4v) is 4.65. The zero-order chi connectivity index (χ0) is 31.5. The Morgan fingerprint density at radius 1 is 0.907 bits per heavy atom. The van der Waals surface area contributed by atoms with Crippen molar-refractivity contribution in [3.8, 4) is 0 Å². The molecule has 1 aromatic rings. The molecule has 0 aromatic heterocycles. The summed E-state index contributed by atoms with van der Waals surface area (Å²) >= 11 is 0. The van der Waals surface area contributed by atoms with E-state index in [0.717, 1.165) is 5.56 Å². The number of carbonyl (C=O) groups is 3. The number of carbonyl (C=O) groups excluding carboxylic acids is 3. The Bertz CT molecular complexity index is 1030. The molecule has 0 saturated carbocycles. The largest absolute Gasteiger partial charge is 0.464 e. The van der Waals surface area contributed by atoms with Crippen molar-refractivity contribution in [3.63, 3.8) is 0 Å². The molecule has 16 nitrogen and oxygen atoms in total. The van der Waals surface area contributed by atoms with Crippen molar-refractivity contribution in [3.05, 3.63) is 56.1 Å². The number of likely N-dealkylation sites (tertiary alicyclic amines) is 1. The van der Waals surface area contributed by atoms with Crippen LogP contribution in [0.3, 0.4) is 0 Å². The third-order valence-corrected chi connectivity index (χ3v) is 6.76. The number of esters is 2. The Morgan fingerprint density at radius 3 is 2.19 bits per heavy atom. The Hall–Kier alpha value is -4.05. The summed E-state index contributed by atoms with van der Waals surface area (Å²) in [5, 5.41) is 22.0. The molecule has 3 unspecified atom stereocenters. The van der Waals surface area contributed by atoms with E-state index >= 15 is 0 Å². The van der Waals surface area contributed by atoms with Crippen molar-refractivity contribution in [1.29, 1.82) is 0 Å². The first-order chi connectivity index (χ1) is 20.7. The lowest BCUT2D eigenvalue weighted by atomic mass is 10.0. The highest BCUT2D eigenvalue weighted by Gasteiger charge is 2.39. The van der Waals surface area contributed by atoms with Gasteiger partial charge in [0.05, 0.1) is 32.5 Å². The Morgan fingerprint density at radius 2 is 1.56 bits per heavy atom. The predicted octanol–water partition coefficient (Wildman–Crippen LogP) is 1.35. The number of amides is 1. The molecule has 0 aliphatic carbocycles. The average Bonchev–Trinajstić information content (AvgIpc) is 3.48. The second-order valence-electron chi connectivity index (χ2n) is 9.93. The van der Waals surface area contributed by atoms with Crippen molar-refractivity contribution in [1.82, 2.24) is 10.2 Å². The molecule has 0 radical (unpaired) electrons. The molecule has 1 amide bonds. The molecule has 3 atom stereocenters. The normalized spacial score (nSPS) is 15.7. The fraction of sp³-hybridized carbons (Fsp3) is 0.667. The maximum absolute atomic E-state index is 13.8. The Labute approximate surface area is 249 Å². The molecule has 3 N–H and O–H groups in total. The fourth-order valence-electron chi connectivity index (χ4n) is 4.65. The van der Waals surface area contributed by atoms with Gasteiger partial charge in [0.2, 0.25) is 5.91 Å². The number of nitrogens with one attached hydrogen (secondary N) is 1. The quantitative estimate of drug-likeness (QED) is 0.0820. The van der Waals surface area contributed by atoms with Gasteiger partial charge < -0.3 is 29.8 Å². The number of rotatable bonds is 22. The third-order valence-electron chi connectivity index (χ3n) is 6.76. The van der Waals surface area contributed by atoms with E-state index in [1.165, 1.54) is 4.90 Å². The van der Waals surface area contributed by atoms with Crippen LogP contribution >= 0.6 is 0 Å².